The average molecular weight is 412 g/mol. The van der Waals surface area contributed by atoms with E-state index < -0.39 is 0 Å². The van der Waals surface area contributed by atoms with Crippen LogP contribution in [0.3, 0.4) is 0 Å². The van der Waals surface area contributed by atoms with E-state index >= 15 is 0 Å². The minimum Gasteiger partial charge on any atom is -0.455 e. The zero-order chi connectivity index (χ0) is 21.5. The van der Waals surface area contributed by atoms with Gasteiger partial charge in [-0.15, -0.1) is 0 Å². The lowest BCUT2D eigenvalue weighted by atomic mass is 10.00. The van der Waals surface area contributed by atoms with Gasteiger partial charge in [-0.2, -0.15) is 0 Å². The fourth-order valence-electron chi connectivity index (χ4n) is 4.27. The Labute approximate surface area is 186 Å². The summed E-state index contributed by atoms with van der Waals surface area (Å²) in [7, 11) is 0. The minimum atomic E-state index is 0.762. The quantitative estimate of drug-likeness (QED) is 0.299. The lowest BCUT2D eigenvalue weighted by molar-refractivity contribution is 0.670. The zero-order valence-corrected chi connectivity index (χ0v) is 17.6. The molecule has 32 heavy (non-hydrogen) atoms. The molecule has 0 fully saturated rings. The molecule has 0 saturated heterocycles. The molecule has 2 heterocycles. The molecule has 3 nitrogen and oxygen atoms in total. The third-order valence-electron chi connectivity index (χ3n) is 5.80. The van der Waals surface area contributed by atoms with E-state index in [2.05, 4.69) is 76.7 Å². The van der Waals surface area contributed by atoms with Crippen LogP contribution in [-0.4, -0.2) is 9.97 Å². The summed E-state index contributed by atoms with van der Waals surface area (Å²) in [5.74, 6) is 0.762. The number of furan rings is 1. The Kier molecular flexibility index (Phi) is 4.32. The fraction of sp³-hybridized carbons (Fsp3) is 0.0345. The van der Waals surface area contributed by atoms with Gasteiger partial charge in [0, 0.05) is 27.5 Å². The normalized spacial score (nSPS) is 11.3. The molecular formula is C29H20N2O. The van der Waals surface area contributed by atoms with Crippen LogP contribution in [0.5, 0.6) is 0 Å². The number of benzene rings is 4. The first kappa shape index (κ1) is 18.5. The maximum Gasteiger partial charge on any atom is 0.143 e. The van der Waals surface area contributed by atoms with Crippen LogP contribution in [0.2, 0.25) is 0 Å². The van der Waals surface area contributed by atoms with Crippen LogP contribution < -0.4 is 0 Å². The molecule has 0 radical (unpaired) electrons. The van der Waals surface area contributed by atoms with E-state index in [1.807, 2.05) is 43.3 Å². The van der Waals surface area contributed by atoms with Gasteiger partial charge < -0.3 is 4.42 Å². The van der Waals surface area contributed by atoms with Crippen molar-refractivity contribution in [2.24, 2.45) is 0 Å². The summed E-state index contributed by atoms with van der Waals surface area (Å²) in [5.41, 5.74) is 8.05. The number of para-hydroxylation sites is 2. The van der Waals surface area contributed by atoms with Crippen LogP contribution in [0.4, 0.5) is 0 Å². The molecule has 152 valence electrons. The fourth-order valence-corrected chi connectivity index (χ4v) is 4.27. The summed E-state index contributed by atoms with van der Waals surface area (Å²) >= 11 is 0. The SMILES string of the molecule is Cc1nc(-c2ccccc2)cc(-c2ccc(-c3cccc4c3oc3ccccc34)cc2)n1. The number of nitrogens with zero attached hydrogens (tertiary/aromatic N) is 2. The van der Waals surface area contributed by atoms with Crippen molar-refractivity contribution in [2.45, 2.75) is 6.92 Å². The first-order valence-electron chi connectivity index (χ1n) is 10.7. The molecule has 4 aromatic carbocycles. The van der Waals surface area contributed by atoms with E-state index in [1.54, 1.807) is 0 Å². The minimum absolute atomic E-state index is 0.762. The Morgan fingerprint density at radius 1 is 0.562 bits per heavy atom. The number of hydrogen-bond acceptors (Lipinski definition) is 3. The molecule has 6 aromatic rings. The summed E-state index contributed by atoms with van der Waals surface area (Å²) < 4.78 is 6.21. The number of rotatable bonds is 3. The molecule has 0 atom stereocenters. The van der Waals surface area contributed by atoms with Gasteiger partial charge in [0.25, 0.3) is 0 Å². The van der Waals surface area contributed by atoms with Crippen molar-refractivity contribution in [2.75, 3.05) is 0 Å². The molecule has 3 heteroatoms. The lowest BCUT2D eigenvalue weighted by Gasteiger charge is -2.08. The van der Waals surface area contributed by atoms with Crippen LogP contribution in [0, 0.1) is 6.92 Å². The molecule has 0 unspecified atom stereocenters. The molecule has 0 amide bonds. The second-order valence-corrected chi connectivity index (χ2v) is 7.91. The van der Waals surface area contributed by atoms with Crippen molar-refractivity contribution >= 4 is 21.9 Å². The van der Waals surface area contributed by atoms with E-state index in [9.17, 15) is 0 Å². The topological polar surface area (TPSA) is 38.9 Å². The second kappa shape index (κ2) is 7.47. The van der Waals surface area contributed by atoms with Gasteiger partial charge in [0.05, 0.1) is 11.4 Å². The Balaban J connectivity index is 1.42. The Morgan fingerprint density at radius 3 is 1.97 bits per heavy atom. The monoisotopic (exact) mass is 412 g/mol. The van der Waals surface area contributed by atoms with Crippen molar-refractivity contribution in [1.29, 1.82) is 0 Å². The van der Waals surface area contributed by atoms with Crippen molar-refractivity contribution in [1.82, 2.24) is 9.97 Å². The summed E-state index contributed by atoms with van der Waals surface area (Å²) in [6.45, 7) is 1.94. The van der Waals surface area contributed by atoms with Gasteiger partial charge in [-0.1, -0.05) is 91.0 Å². The van der Waals surface area contributed by atoms with Crippen LogP contribution in [-0.2, 0) is 0 Å². The van der Waals surface area contributed by atoms with E-state index in [-0.39, 0.29) is 0 Å². The largest absolute Gasteiger partial charge is 0.455 e. The highest BCUT2D eigenvalue weighted by Crippen LogP contribution is 2.36. The molecular weight excluding hydrogens is 392 g/mol. The van der Waals surface area contributed by atoms with Crippen molar-refractivity contribution < 1.29 is 4.42 Å². The van der Waals surface area contributed by atoms with Crippen molar-refractivity contribution in [3.05, 3.63) is 109 Å². The van der Waals surface area contributed by atoms with Gasteiger partial charge in [0.2, 0.25) is 0 Å². The van der Waals surface area contributed by atoms with E-state index in [1.165, 1.54) is 0 Å². The molecule has 0 saturated carbocycles. The molecule has 0 aliphatic heterocycles. The summed E-state index contributed by atoms with van der Waals surface area (Å²) in [6, 6.07) is 35.3. The van der Waals surface area contributed by atoms with Crippen LogP contribution in [0.1, 0.15) is 5.82 Å². The highest BCUT2D eigenvalue weighted by molar-refractivity contribution is 6.09. The smallest absolute Gasteiger partial charge is 0.143 e. The molecule has 0 N–H and O–H groups in total. The predicted octanol–water partition coefficient (Wildman–Crippen LogP) is 7.69. The zero-order valence-electron chi connectivity index (χ0n) is 17.6. The Bertz CT molecular complexity index is 1560. The van der Waals surface area contributed by atoms with Crippen LogP contribution in [0.25, 0.3) is 55.6 Å². The predicted molar refractivity (Wildman–Crippen MR) is 130 cm³/mol. The second-order valence-electron chi connectivity index (χ2n) is 7.91. The number of aromatic nitrogens is 2. The molecule has 2 aromatic heterocycles. The number of aryl methyl sites for hydroxylation is 1. The Hall–Kier alpha value is -4.24. The van der Waals surface area contributed by atoms with Crippen LogP contribution >= 0.6 is 0 Å². The number of fused-ring (bicyclic) bond motifs is 3. The first-order valence-corrected chi connectivity index (χ1v) is 10.7. The maximum atomic E-state index is 6.21. The first-order chi connectivity index (χ1) is 15.8. The van der Waals surface area contributed by atoms with Gasteiger partial charge in [-0.25, -0.2) is 9.97 Å². The van der Waals surface area contributed by atoms with Crippen molar-refractivity contribution in [3.63, 3.8) is 0 Å². The Morgan fingerprint density at radius 2 is 1.19 bits per heavy atom. The third-order valence-corrected chi connectivity index (χ3v) is 5.80. The molecule has 0 spiro atoms. The molecule has 0 aliphatic rings. The van der Waals surface area contributed by atoms with E-state index in [0.29, 0.717) is 0 Å². The summed E-state index contributed by atoms with van der Waals surface area (Å²) in [5, 5.41) is 2.28. The molecule has 0 aliphatic carbocycles. The number of hydrogen-bond donors (Lipinski definition) is 0. The van der Waals surface area contributed by atoms with Crippen LogP contribution in [0.15, 0.2) is 108 Å². The van der Waals surface area contributed by atoms with Gasteiger partial charge >= 0.3 is 0 Å². The average Bonchev–Trinajstić information content (AvgIpc) is 3.23. The highest BCUT2D eigenvalue weighted by Gasteiger charge is 2.12. The van der Waals surface area contributed by atoms with Crippen molar-refractivity contribution in [3.8, 4) is 33.6 Å². The van der Waals surface area contributed by atoms with Gasteiger partial charge in [-0.05, 0) is 24.6 Å². The summed E-state index contributed by atoms with van der Waals surface area (Å²) in [6.07, 6.45) is 0. The third kappa shape index (κ3) is 3.15. The van der Waals surface area contributed by atoms with E-state index in [4.69, 9.17) is 4.42 Å². The molecule has 0 bridgehead atoms. The van der Waals surface area contributed by atoms with Gasteiger partial charge in [-0.3, -0.25) is 0 Å². The van der Waals surface area contributed by atoms with Gasteiger partial charge in [0.15, 0.2) is 0 Å². The van der Waals surface area contributed by atoms with Gasteiger partial charge in [0.1, 0.15) is 17.0 Å². The molecule has 6 rings (SSSR count). The van der Waals surface area contributed by atoms with E-state index in [0.717, 1.165) is 61.4 Å². The highest BCUT2D eigenvalue weighted by atomic mass is 16.3. The summed E-state index contributed by atoms with van der Waals surface area (Å²) in [4.78, 5) is 9.31. The standard InChI is InChI=1S/C29H20N2O/c1-19-30-26(21-8-3-2-4-9-21)18-27(31-19)22-16-14-20(15-17-22)23-11-7-12-25-24-10-5-6-13-28(24)32-29(23)25/h2-18H,1H3. The lowest BCUT2D eigenvalue weighted by Crippen LogP contribution is -1.94. The maximum absolute atomic E-state index is 6.21.